The van der Waals surface area contributed by atoms with Gasteiger partial charge in [0.2, 0.25) is 0 Å². The van der Waals surface area contributed by atoms with Crippen LogP contribution in [0.25, 0.3) is 0 Å². The van der Waals surface area contributed by atoms with Gasteiger partial charge in [0.1, 0.15) is 0 Å². The molecule has 0 aromatic carbocycles. The molecule has 0 bridgehead atoms. The van der Waals surface area contributed by atoms with E-state index in [1.807, 2.05) is 6.20 Å². The lowest BCUT2D eigenvalue weighted by molar-refractivity contribution is 0.223. The zero-order valence-corrected chi connectivity index (χ0v) is 9.66. The minimum atomic E-state index is 0.487. The van der Waals surface area contributed by atoms with Gasteiger partial charge in [-0.3, -0.25) is 4.90 Å². The highest BCUT2D eigenvalue weighted by Gasteiger charge is 2.19. The van der Waals surface area contributed by atoms with E-state index in [2.05, 4.69) is 41.3 Å². The van der Waals surface area contributed by atoms with Gasteiger partial charge in [-0.05, 0) is 51.5 Å². The summed E-state index contributed by atoms with van der Waals surface area (Å²) < 4.78 is 0. The third-order valence-corrected chi connectivity index (χ3v) is 3.44. The van der Waals surface area contributed by atoms with Crippen molar-refractivity contribution in [3.63, 3.8) is 0 Å². The Kier molecular flexibility index (Phi) is 3.44. The summed E-state index contributed by atoms with van der Waals surface area (Å²) in [6.07, 6.45) is 3.32. The van der Waals surface area contributed by atoms with Crippen molar-refractivity contribution in [1.29, 1.82) is 0 Å². The van der Waals surface area contributed by atoms with Crippen LogP contribution in [-0.2, 0) is 0 Å². The van der Waals surface area contributed by atoms with Crippen molar-refractivity contribution in [2.75, 3.05) is 26.7 Å². The predicted molar refractivity (Wildman–Crippen MR) is 62.8 cm³/mol. The fourth-order valence-corrected chi connectivity index (χ4v) is 2.28. The lowest BCUT2D eigenvalue weighted by Gasteiger charge is -2.26. The number of aromatic amines is 1. The van der Waals surface area contributed by atoms with Gasteiger partial charge >= 0.3 is 0 Å². The van der Waals surface area contributed by atoms with E-state index in [9.17, 15) is 0 Å². The summed E-state index contributed by atoms with van der Waals surface area (Å²) in [7, 11) is 2.21. The SMILES string of the molecule is C[C@H](c1ccc[nH]1)N(C)C[C@H]1CCNC1. The molecule has 1 fully saturated rings. The maximum Gasteiger partial charge on any atom is 0.0467 e. The van der Waals surface area contributed by atoms with Gasteiger partial charge in [-0.15, -0.1) is 0 Å². The summed E-state index contributed by atoms with van der Waals surface area (Å²) >= 11 is 0. The largest absolute Gasteiger partial charge is 0.364 e. The number of aromatic nitrogens is 1. The molecular formula is C12H21N3. The van der Waals surface area contributed by atoms with Gasteiger partial charge in [-0.1, -0.05) is 0 Å². The van der Waals surface area contributed by atoms with E-state index < -0.39 is 0 Å². The minimum absolute atomic E-state index is 0.487. The van der Waals surface area contributed by atoms with Gasteiger partial charge in [0, 0.05) is 24.5 Å². The van der Waals surface area contributed by atoms with Crippen molar-refractivity contribution in [3.8, 4) is 0 Å². The summed E-state index contributed by atoms with van der Waals surface area (Å²) in [5.74, 6) is 0.826. The average Bonchev–Trinajstić information content (AvgIpc) is 2.88. The number of hydrogen-bond acceptors (Lipinski definition) is 2. The first-order chi connectivity index (χ1) is 7.27. The number of nitrogens with one attached hydrogen (secondary N) is 2. The van der Waals surface area contributed by atoms with E-state index in [-0.39, 0.29) is 0 Å². The highest BCUT2D eigenvalue weighted by molar-refractivity contribution is 5.08. The predicted octanol–water partition coefficient (Wildman–Crippen LogP) is 1.62. The molecule has 3 heteroatoms. The van der Waals surface area contributed by atoms with E-state index in [1.54, 1.807) is 0 Å². The summed E-state index contributed by atoms with van der Waals surface area (Å²) in [6.45, 7) is 5.82. The Morgan fingerprint density at radius 3 is 3.07 bits per heavy atom. The maximum atomic E-state index is 3.42. The summed E-state index contributed by atoms with van der Waals surface area (Å²) in [5, 5.41) is 3.42. The molecular weight excluding hydrogens is 186 g/mol. The normalized spacial score (nSPS) is 23.5. The van der Waals surface area contributed by atoms with Crippen LogP contribution in [-0.4, -0.2) is 36.6 Å². The molecule has 2 rings (SSSR count). The molecule has 0 aliphatic carbocycles. The van der Waals surface area contributed by atoms with Crippen molar-refractivity contribution < 1.29 is 0 Å². The second-order valence-electron chi connectivity index (χ2n) is 4.60. The standard InChI is InChI=1S/C12H21N3/c1-10(12-4-3-6-14-12)15(2)9-11-5-7-13-8-11/h3-4,6,10-11,13-14H,5,7-9H2,1-2H3/t10-,11+/m1/s1. The van der Waals surface area contributed by atoms with E-state index >= 15 is 0 Å². The number of H-pyrrole nitrogens is 1. The van der Waals surface area contributed by atoms with Crippen LogP contribution in [0.4, 0.5) is 0 Å². The second kappa shape index (κ2) is 4.81. The third kappa shape index (κ3) is 2.61. The Morgan fingerprint density at radius 2 is 2.47 bits per heavy atom. The van der Waals surface area contributed by atoms with Gasteiger partial charge in [0.15, 0.2) is 0 Å². The molecule has 0 saturated carbocycles. The van der Waals surface area contributed by atoms with Crippen LogP contribution in [0.1, 0.15) is 25.1 Å². The second-order valence-corrected chi connectivity index (χ2v) is 4.60. The topological polar surface area (TPSA) is 31.1 Å². The Bertz CT molecular complexity index is 275. The van der Waals surface area contributed by atoms with Crippen molar-refractivity contribution in [2.45, 2.75) is 19.4 Å². The fourth-order valence-electron chi connectivity index (χ4n) is 2.28. The Morgan fingerprint density at radius 1 is 1.60 bits per heavy atom. The van der Waals surface area contributed by atoms with E-state index in [4.69, 9.17) is 0 Å². The van der Waals surface area contributed by atoms with Gasteiger partial charge < -0.3 is 10.3 Å². The van der Waals surface area contributed by atoms with Crippen LogP contribution in [0.5, 0.6) is 0 Å². The Balaban J connectivity index is 1.87. The van der Waals surface area contributed by atoms with Gasteiger partial charge in [0.05, 0.1) is 0 Å². The molecule has 1 aliphatic heterocycles. The quantitative estimate of drug-likeness (QED) is 0.786. The van der Waals surface area contributed by atoms with E-state index in [0.717, 1.165) is 5.92 Å². The van der Waals surface area contributed by atoms with Gasteiger partial charge in [-0.2, -0.15) is 0 Å². The summed E-state index contributed by atoms with van der Waals surface area (Å²) in [5.41, 5.74) is 1.31. The van der Waals surface area contributed by atoms with Crippen molar-refractivity contribution >= 4 is 0 Å². The molecule has 0 amide bonds. The van der Waals surface area contributed by atoms with E-state index in [0.29, 0.717) is 6.04 Å². The molecule has 1 aromatic heterocycles. The lowest BCUT2D eigenvalue weighted by atomic mass is 10.1. The van der Waals surface area contributed by atoms with E-state index in [1.165, 1.54) is 31.7 Å². The van der Waals surface area contributed by atoms with Crippen molar-refractivity contribution in [1.82, 2.24) is 15.2 Å². The maximum absolute atomic E-state index is 3.42. The molecule has 0 spiro atoms. The van der Waals surface area contributed by atoms with Crippen molar-refractivity contribution in [2.24, 2.45) is 5.92 Å². The zero-order valence-electron chi connectivity index (χ0n) is 9.66. The molecule has 1 aliphatic rings. The molecule has 0 unspecified atom stereocenters. The molecule has 2 N–H and O–H groups in total. The number of rotatable bonds is 4. The monoisotopic (exact) mass is 207 g/mol. The van der Waals surface area contributed by atoms with Crippen LogP contribution < -0.4 is 5.32 Å². The summed E-state index contributed by atoms with van der Waals surface area (Å²) in [6, 6.07) is 4.71. The molecule has 1 saturated heterocycles. The van der Waals surface area contributed by atoms with Crippen LogP contribution in [0.2, 0.25) is 0 Å². The number of nitrogens with zero attached hydrogens (tertiary/aromatic N) is 1. The lowest BCUT2D eigenvalue weighted by Crippen LogP contribution is -2.29. The molecule has 2 heterocycles. The molecule has 1 aromatic rings. The smallest absolute Gasteiger partial charge is 0.0467 e. The first-order valence-corrected chi connectivity index (χ1v) is 5.81. The molecule has 2 atom stereocenters. The minimum Gasteiger partial charge on any atom is -0.364 e. The Hall–Kier alpha value is -0.800. The first kappa shape index (κ1) is 10.7. The first-order valence-electron chi connectivity index (χ1n) is 5.81. The zero-order chi connectivity index (χ0) is 10.7. The highest BCUT2D eigenvalue weighted by Crippen LogP contribution is 2.19. The van der Waals surface area contributed by atoms with Crippen LogP contribution in [0.3, 0.4) is 0 Å². The summed E-state index contributed by atoms with van der Waals surface area (Å²) in [4.78, 5) is 5.72. The fraction of sp³-hybridized carbons (Fsp3) is 0.667. The Labute approximate surface area is 91.9 Å². The molecule has 84 valence electrons. The molecule has 15 heavy (non-hydrogen) atoms. The molecule has 3 nitrogen and oxygen atoms in total. The van der Waals surface area contributed by atoms with Crippen molar-refractivity contribution in [3.05, 3.63) is 24.0 Å². The number of hydrogen-bond donors (Lipinski definition) is 2. The van der Waals surface area contributed by atoms with Gasteiger partial charge in [0.25, 0.3) is 0 Å². The average molecular weight is 207 g/mol. The highest BCUT2D eigenvalue weighted by atomic mass is 15.1. The van der Waals surface area contributed by atoms with Crippen LogP contribution >= 0.6 is 0 Å². The van der Waals surface area contributed by atoms with Crippen LogP contribution in [0.15, 0.2) is 18.3 Å². The van der Waals surface area contributed by atoms with Crippen LogP contribution in [0, 0.1) is 5.92 Å². The third-order valence-electron chi connectivity index (χ3n) is 3.44. The molecule has 0 radical (unpaired) electrons. The van der Waals surface area contributed by atoms with Gasteiger partial charge in [-0.25, -0.2) is 0 Å².